The Kier molecular flexibility index (Phi) is 4.99. The van der Waals surface area contributed by atoms with E-state index >= 15 is 0 Å². The van der Waals surface area contributed by atoms with Gasteiger partial charge in [0, 0.05) is 5.57 Å². The Bertz CT molecular complexity index is 898. The molecule has 0 aromatic heterocycles. The fraction of sp³-hybridized carbons (Fsp3) is 0.174. The van der Waals surface area contributed by atoms with Gasteiger partial charge in [0.1, 0.15) is 5.76 Å². The SMILES string of the molecule is Cc1ccccc1/C=C/C(=O)C1=C(O)/C(=C/c2ccccc2C)CC1. The Morgan fingerprint density at radius 3 is 2.16 bits per heavy atom. The first kappa shape index (κ1) is 17.0. The third-order valence-electron chi connectivity index (χ3n) is 4.65. The number of allylic oxidation sites excluding steroid dienone is 3. The molecule has 0 atom stereocenters. The van der Waals surface area contributed by atoms with Crippen LogP contribution >= 0.6 is 0 Å². The van der Waals surface area contributed by atoms with Crippen LogP contribution < -0.4 is 0 Å². The van der Waals surface area contributed by atoms with Crippen molar-refractivity contribution in [3.63, 3.8) is 0 Å². The third kappa shape index (κ3) is 3.80. The number of aryl methyl sites for hydroxylation is 2. The lowest BCUT2D eigenvalue weighted by molar-refractivity contribution is -0.111. The molecule has 0 heterocycles. The molecule has 0 bridgehead atoms. The summed E-state index contributed by atoms with van der Waals surface area (Å²) in [6, 6.07) is 16.0. The van der Waals surface area contributed by atoms with E-state index in [1.807, 2.05) is 74.5 Å². The second-order valence-electron chi connectivity index (χ2n) is 6.41. The first-order valence-corrected chi connectivity index (χ1v) is 8.53. The van der Waals surface area contributed by atoms with E-state index in [0.29, 0.717) is 18.4 Å². The Morgan fingerprint density at radius 1 is 0.920 bits per heavy atom. The quantitative estimate of drug-likeness (QED) is 0.744. The number of carbonyl (C=O) groups excluding carboxylic acids is 1. The van der Waals surface area contributed by atoms with E-state index in [9.17, 15) is 9.90 Å². The van der Waals surface area contributed by atoms with Gasteiger partial charge in [-0.1, -0.05) is 54.6 Å². The summed E-state index contributed by atoms with van der Waals surface area (Å²) in [5.41, 5.74) is 5.71. The molecule has 2 aromatic rings. The van der Waals surface area contributed by atoms with Crippen molar-refractivity contribution >= 4 is 17.9 Å². The van der Waals surface area contributed by atoms with Crippen LogP contribution in [0.1, 0.15) is 35.1 Å². The van der Waals surface area contributed by atoms with Gasteiger partial charge in [0.2, 0.25) is 0 Å². The van der Waals surface area contributed by atoms with Gasteiger partial charge in [0.15, 0.2) is 5.78 Å². The second kappa shape index (κ2) is 7.35. The number of aliphatic hydroxyl groups is 1. The number of benzene rings is 2. The van der Waals surface area contributed by atoms with Gasteiger partial charge < -0.3 is 5.11 Å². The third-order valence-corrected chi connectivity index (χ3v) is 4.65. The van der Waals surface area contributed by atoms with Crippen molar-refractivity contribution in [1.82, 2.24) is 0 Å². The number of rotatable bonds is 4. The number of carbonyl (C=O) groups is 1. The summed E-state index contributed by atoms with van der Waals surface area (Å²) in [6.45, 7) is 4.05. The van der Waals surface area contributed by atoms with Crippen molar-refractivity contribution < 1.29 is 9.90 Å². The first-order valence-electron chi connectivity index (χ1n) is 8.53. The van der Waals surface area contributed by atoms with Crippen LogP contribution in [0.5, 0.6) is 0 Å². The predicted octanol–water partition coefficient (Wildman–Crippen LogP) is 5.58. The van der Waals surface area contributed by atoms with Crippen molar-refractivity contribution in [3.05, 3.63) is 93.8 Å². The molecule has 25 heavy (non-hydrogen) atoms. The first-order chi connectivity index (χ1) is 12.1. The van der Waals surface area contributed by atoms with E-state index in [0.717, 1.165) is 27.8 Å². The zero-order valence-corrected chi connectivity index (χ0v) is 14.6. The van der Waals surface area contributed by atoms with Gasteiger partial charge in [-0.25, -0.2) is 0 Å². The maximum absolute atomic E-state index is 12.5. The van der Waals surface area contributed by atoms with Crippen LogP contribution in [-0.2, 0) is 4.79 Å². The van der Waals surface area contributed by atoms with Gasteiger partial charge in [-0.05, 0) is 66.7 Å². The highest BCUT2D eigenvalue weighted by molar-refractivity contribution is 6.07. The molecular weight excluding hydrogens is 308 g/mol. The molecule has 126 valence electrons. The summed E-state index contributed by atoms with van der Waals surface area (Å²) in [5.74, 6) is 0.0247. The molecule has 2 aromatic carbocycles. The monoisotopic (exact) mass is 330 g/mol. The Balaban J connectivity index is 1.83. The lowest BCUT2D eigenvalue weighted by Crippen LogP contribution is -1.98. The summed E-state index contributed by atoms with van der Waals surface area (Å²) < 4.78 is 0. The highest BCUT2D eigenvalue weighted by Crippen LogP contribution is 2.32. The Labute approximate surface area is 148 Å². The summed E-state index contributed by atoms with van der Waals surface area (Å²) >= 11 is 0. The minimum absolute atomic E-state index is 0.117. The van der Waals surface area contributed by atoms with Crippen molar-refractivity contribution in [1.29, 1.82) is 0 Å². The van der Waals surface area contributed by atoms with E-state index in [1.165, 1.54) is 0 Å². The van der Waals surface area contributed by atoms with Crippen LogP contribution in [0.4, 0.5) is 0 Å². The zero-order valence-electron chi connectivity index (χ0n) is 14.6. The number of ketones is 1. The maximum atomic E-state index is 12.5. The van der Waals surface area contributed by atoms with Gasteiger partial charge in [-0.15, -0.1) is 0 Å². The summed E-state index contributed by atoms with van der Waals surface area (Å²) in [5, 5.41) is 10.5. The molecular formula is C23H22O2. The fourth-order valence-electron chi connectivity index (χ4n) is 3.05. The summed E-state index contributed by atoms with van der Waals surface area (Å²) in [4.78, 5) is 12.5. The molecule has 0 saturated carbocycles. The molecule has 0 amide bonds. The Morgan fingerprint density at radius 2 is 1.52 bits per heavy atom. The molecule has 1 aliphatic carbocycles. The van der Waals surface area contributed by atoms with Crippen molar-refractivity contribution in [3.8, 4) is 0 Å². The van der Waals surface area contributed by atoms with E-state index in [-0.39, 0.29) is 11.5 Å². The maximum Gasteiger partial charge on any atom is 0.185 e. The smallest absolute Gasteiger partial charge is 0.185 e. The van der Waals surface area contributed by atoms with Crippen molar-refractivity contribution in [2.45, 2.75) is 26.7 Å². The second-order valence-corrected chi connectivity index (χ2v) is 6.41. The van der Waals surface area contributed by atoms with Gasteiger partial charge >= 0.3 is 0 Å². The average molecular weight is 330 g/mol. The van der Waals surface area contributed by atoms with E-state index in [2.05, 4.69) is 0 Å². The van der Waals surface area contributed by atoms with Crippen LogP contribution in [0, 0.1) is 13.8 Å². The molecule has 0 unspecified atom stereocenters. The fourth-order valence-corrected chi connectivity index (χ4v) is 3.05. The van der Waals surface area contributed by atoms with E-state index in [1.54, 1.807) is 6.08 Å². The lowest BCUT2D eigenvalue weighted by atomic mass is 10.0. The number of aliphatic hydroxyl groups excluding tert-OH is 1. The highest BCUT2D eigenvalue weighted by atomic mass is 16.3. The largest absolute Gasteiger partial charge is 0.507 e. The van der Waals surface area contributed by atoms with E-state index in [4.69, 9.17) is 0 Å². The molecule has 0 saturated heterocycles. The molecule has 2 nitrogen and oxygen atoms in total. The number of hydrogen-bond acceptors (Lipinski definition) is 2. The topological polar surface area (TPSA) is 37.3 Å². The van der Waals surface area contributed by atoms with Crippen LogP contribution in [0.3, 0.4) is 0 Å². The van der Waals surface area contributed by atoms with Crippen molar-refractivity contribution in [2.24, 2.45) is 0 Å². The summed E-state index contributed by atoms with van der Waals surface area (Å²) in [7, 11) is 0. The normalized spacial score (nSPS) is 16.2. The molecule has 0 aliphatic heterocycles. The van der Waals surface area contributed by atoms with Gasteiger partial charge in [-0.3, -0.25) is 4.79 Å². The molecule has 0 fully saturated rings. The molecule has 3 rings (SSSR count). The minimum atomic E-state index is -0.117. The van der Waals surface area contributed by atoms with Crippen LogP contribution in [0.25, 0.3) is 12.2 Å². The van der Waals surface area contributed by atoms with Crippen LogP contribution in [0.15, 0.2) is 71.5 Å². The molecule has 0 spiro atoms. The average Bonchev–Trinajstić information content (AvgIpc) is 2.97. The molecule has 0 radical (unpaired) electrons. The summed E-state index contributed by atoms with van der Waals surface area (Å²) in [6.07, 6.45) is 6.64. The lowest BCUT2D eigenvalue weighted by Gasteiger charge is -2.03. The molecule has 2 heteroatoms. The number of hydrogen-bond donors (Lipinski definition) is 1. The van der Waals surface area contributed by atoms with Crippen LogP contribution in [0.2, 0.25) is 0 Å². The standard InChI is InChI=1S/C23H22O2/c1-16-7-3-5-9-18(16)12-14-22(24)21-13-11-20(23(21)25)15-19-10-6-4-8-17(19)2/h3-10,12,14-15,25H,11,13H2,1-2H3/b14-12+,20-15+. The predicted molar refractivity (Wildman–Crippen MR) is 103 cm³/mol. The molecule has 1 N–H and O–H groups in total. The Hall–Kier alpha value is -2.87. The van der Waals surface area contributed by atoms with Gasteiger partial charge in [0.25, 0.3) is 0 Å². The zero-order chi connectivity index (χ0) is 17.8. The van der Waals surface area contributed by atoms with Crippen molar-refractivity contribution in [2.75, 3.05) is 0 Å². The van der Waals surface area contributed by atoms with Gasteiger partial charge in [0.05, 0.1) is 0 Å². The van der Waals surface area contributed by atoms with E-state index < -0.39 is 0 Å². The highest BCUT2D eigenvalue weighted by Gasteiger charge is 2.23. The van der Waals surface area contributed by atoms with Crippen LogP contribution in [-0.4, -0.2) is 10.9 Å². The minimum Gasteiger partial charge on any atom is -0.507 e. The molecule has 1 aliphatic rings. The van der Waals surface area contributed by atoms with Gasteiger partial charge in [-0.2, -0.15) is 0 Å².